The number of nitrogens with two attached hydrogens (primary N) is 1. The van der Waals surface area contributed by atoms with Crippen molar-refractivity contribution in [3.8, 4) is 0 Å². The highest BCUT2D eigenvalue weighted by atomic mass is 16.5. The minimum Gasteiger partial charge on any atom is -0.384 e. The van der Waals surface area contributed by atoms with Gasteiger partial charge < -0.3 is 20.5 Å². The topological polar surface area (TPSA) is 73.6 Å². The molecule has 3 N–H and O–H groups in total. The molecule has 5 nitrogen and oxygen atoms in total. The summed E-state index contributed by atoms with van der Waals surface area (Å²) in [6, 6.07) is 0. The van der Waals surface area contributed by atoms with Crippen molar-refractivity contribution in [2.24, 2.45) is 5.73 Å². The van der Waals surface area contributed by atoms with Crippen LogP contribution in [0.15, 0.2) is 0 Å². The fourth-order valence-electron chi connectivity index (χ4n) is 0.731. The van der Waals surface area contributed by atoms with Crippen LogP contribution in [0.25, 0.3) is 0 Å². The lowest BCUT2D eigenvalue weighted by Gasteiger charge is -2.04. The molecule has 0 fully saturated rings. The highest BCUT2D eigenvalue weighted by Crippen LogP contribution is 1.80. The first kappa shape index (κ1) is 12.3. The van der Waals surface area contributed by atoms with Crippen molar-refractivity contribution in [2.45, 2.75) is 6.42 Å². The average Bonchev–Trinajstić information content (AvgIpc) is 2.14. The zero-order chi connectivity index (χ0) is 9.94. The summed E-state index contributed by atoms with van der Waals surface area (Å²) in [4.78, 5) is 11.0. The minimum absolute atomic E-state index is 0.0156. The third-order valence-electron chi connectivity index (χ3n) is 1.36. The summed E-state index contributed by atoms with van der Waals surface area (Å²) in [5, 5.41) is 2.69. The average molecular weight is 190 g/mol. The van der Waals surface area contributed by atoms with Gasteiger partial charge in [0, 0.05) is 26.6 Å². The molecule has 78 valence electrons. The second-order valence-corrected chi connectivity index (χ2v) is 2.49. The van der Waals surface area contributed by atoms with Gasteiger partial charge in [-0.2, -0.15) is 0 Å². The third-order valence-corrected chi connectivity index (χ3v) is 1.36. The monoisotopic (exact) mass is 190 g/mol. The van der Waals surface area contributed by atoms with Crippen LogP contribution in [0.4, 0.5) is 0 Å². The van der Waals surface area contributed by atoms with Crippen molar-refractivity contribution < 1.29 is 14.3 Å². The Kier molecular flexibility index (Phi) is 8.97. The highest BCUT2D eigenvalue weighted by molar-refractivity contribution is 5.75. The van der Waals surface area contributed by atoms with Gasteiger partial charge in [0.05, 0.1) is 19.8 Å². The van der Waals surface area contributed by atoms with E-state index >= 15 is 0 Å². The molecule has 0 aliphatic rings. The molecule has 0 spiro atoms. The van der Waals surface area contributed by atoms with Crippen molar-refractivity contribution in [3.63, 3.8) is 0 Å². The van der Waals surface area contributed by atoms with Crippen LogP contribution in [0.2, 0.25) is 0 Å². The van der Waals surface area contributed by atoms with Crippen molar-refractivity contribution in [2.75, 3.05) is 40.0 Å². The number of nitrogens with one attached hydrogen (secondary N) is 1. The second-order valence-electron chi connectivity index (χ2n) is 2.49. The van der Waals surface area contributed by atoms with E-state index in [1.807, 2.05) is 0 Å². The van der Waals surface area contributed by atoms with E-state index in [1.54, 1.807) is 7.11 Å². The molecule has 0 bridgehead atoms. The van der Waals surface area contributed by atoms with Gasteiger partial charge in [-0.05, 0) is 0 Å². The molecular weight excluding hydrogens is 172 g/mol. The predicted octanol–water partition coefficient (Wildman–Crippen LogP) is -0.886. The Morgan fingerprint density at radius 3 is 2.77 bits per heavy atom. The molecule has 0 atom stereocenters. The number of hydrogen-bond acceptors (Lipinski definition) is 4. The lowest BCUT2D eigenvalue weighted by atomic mass is 10.4. The lowest BCUT2D eigenvalue weighted by Crippen LogP contribution is -2.28. The molecule has 13 heavy (non-hydrogen) atoms. The fourth-order valence-corrected chi connectivity index (χ4v) is 0.731. The molecule has 5 heteroatoms. The van der Waals surface area contributed by atoms with Crippen LogP contribution in [0, 0.1) is 0 Å². The number of hydrogen-bond donors (Lipinski definition) is 2. The Morgan fingerprint density at radius 2 is 2.15 bits per heavy atom. The number of methoxy groups -OCH3 is 1. The molecule has 0 aliphatic carbocycles. The normalized spacial score (nSPS) is 10.0. The first-order chi connectivity index (χ1) is 6.31. The van der Waals surface area contributed by atoms with Crippen LogP contribution in [0.3, 0.4) is 0 Å². The predicted molar refractivity (Wildman–Crippen MR) is 49.4 cm³/mol. The van der Waals surface area contributed by atoms with Crippen molar-refractivity contribution in [1.29, 1.82) is 0 Å². The van der Waals surface area contributed by atoms with E-state index in [0.717, 1.165) is 0 Å². The van der Waals surface area contributed by atoms with E-state index in [2.05, 4.69) is 5.32 Å². The summed E-state index contributed by atoms with van der Waals surface area (Å²) in [7, 11) is 1.57. The largest absolute Gasteiger partial charge is 0.384 e. The fraction of sp³-hybridized carbons (Fsp3) is 0.875. The van der Waals surface area contributed by atoms with Gasteiger partial charge in [-0.15, -0.1) is 0 Å². The zero-order valence-corrected chi connectivity index (χ0v) is 8.04. The maximum atomic E-state index is 11.0. The molecule has 0 saturated heterocycles. The van der Waals surface area contributed by atoms with Crippen LogP contribution in [0.1, 0.15) is 6.42 Å². The molecule has 0 aromatic carbocycles. The van der Waals surface area contributed by atoms with Crippen LogP contribution in [-0.4, -0.2) is 45.9 Å². The number of amides is 1. The van der Waals surface area contributed by atoms with Crippen molar-refractivity contribution in [3.05, 3.63) is 0 Å². The molecule has 0 rings (SSSR count). The van der Waals surface area contributed by atoms with E-state index in [-0.39, 0.29) is 5.91 Å². The van der Waals surface area contributed by atoms with Crippen molar-refractivity contribution in [1.82, 2.24) is 5.32 Å². The van der Waals surface area contributed by atoms with Gasteiger partial charge >= 0.3 is 0 Å². The minimum atomic E-state index is -0.0156. The summed E-state index contributed by atoms with van der Waals surface area (Å²) in [6.07, 6.45) is 0.396. The molecule has 0 saturated carbocycles. The Hall–Kier alpha value is -0.650. The summed E-state index contributed by atoms with van der Waals surface area (Å²) >= 11 is 0. The van der Waals surface area contributed by atoms with E-state index in [4.69, 9.17) is 15.2 Å². The molecule has 0 unspecified atom stereocenters. The smallest absolute Gasteiger partial charge is 0.222 e. The van der Waals surface area contributed by atoms with Crippen LogP contribution < -0.4 is 11.1 Å². The zero-order valence-electron chi connectivity index (χ0n) is 8.04. The van der Waals surface area contributed by atoms with E-state index in [1.165, 1.54) is 0 Å². The highest BCUT2D eigenvalue weighted by Gasteiger charge is 1.98. The van der Waals surface area contributed by atoms with Crippen LogP contribution in [-0.2, 0) is 14.3 Å². The Balaban J connectivity index is 3.08. The van der Waals surface area contributed by atoms with Gasteiger partial charge in [-0.25, -0.2) is 0 Å². The number of ether oxygens (including phenoxy) is 2. The van der Waals surface area contributed by atoms with Gasteiger partial charge in [0.25, 0.3) is 0 Å². The molecule has 0 radical (unpaired) electrons. The quantitative estimate of drug-likeness (QED) is 0.487. The van der Waals surface area contributed by atoms with E-state index < -0.39 is 0 Å². The van der Waals surface area contributed by atoms with Gasteiger partial charge in [0.1, 0.15) is 0 Å². The molecule has 0 aromatic heterocycles. The summed E-state index contributed by atoms with van der Waals surface area (Å²) in [6.45, 7) is 2.54. The third kappa shape index (κ3) is 9.26. The Morgan fingerprint density at radius 1 is 1.38 bits per heavy atom. The van der Waals surface area contributed by atoms with Crippen LogP contribution in [0.5, 0.6) is 0 Å². The van der Waals surface area contributed by atoms with Gasteiger partial charge in [0.2, 0.25) is 5.91 Å². The molecule has 0 aliphatic heterocycles. The van der Waals surface area contributed by atoms with Crippen LogP contribution >= 0.6 is 0 Å². The molecular formula is C8H18N2O3. The first-order valence-corrected chi connectivity index (χ1v) is 4.34. The number of rotatable bonds is 8. The second kappa shape index (κ2) is 9.44. The molecule has 0 aromatic rings. The summed E-state index contributed by atoms with van der Waals surface area (Å²) < 4.78 is 9.82. The van der Waals surface area contributed by atoms with E-state index in [0.29, 0.717) is 39.3 Å². The summed E-state index contributed by atoms with van der Waals surface area (Å²) in [5.41, 5.74) is 5.21. The SMILES string of the molecule is COCCC(=O)NCCOCCN. The maximum absolute atomic E-state index is 11.0. The van der Waals surface area contributed by atoms with Gasteiger partial charge in [-0.3, -0.25) is 4.79 Å². The number of carbonyl (C=O) groups is 1. The van der Waals surface area contributed by atoms with Crippen molar-refractivity contribution >= 4 is 5.91 Å². The van der Waals surface area contributed by atoms with Gasteiger partial charge in [-0.1, -0.05) is 0 Å². The maximum Gasteiger partial charge on any atom is 0.222 e. The van der Waals surface area contributed by atoms with E-state index in [9.17, 15) is 4.79 Å². The Bertz CT molecular complexity index is 131. The van der Waals surface area contributed by atoms with Gasteiger partial charge in [0.15, 0.2) is 0 Å². The lowest BCUT2D eigenvalue weighted by molar-refractivity contribution is -0.122. The first-order valence-electron chi connectivity index (χ1n) is 4.34. The standard InChI is InChI=1S/C8H18N2O3/c1-12-5-2-8(11)10-4-7-13-6-3-9/h2-7,9H2,1H3,(H,10,11). The summed E-state index contributed by atoms with van der Waals surface area (Å²) in [5.74, 6) is -0.0156. The molecule has 1 amide bonds. The molecule has 0 heterocycles. The number of carbonyl (C=O) groups excluding carboxylic acids is 1. The Labute approximate surface area is 78.6 Å².